The van der Waals surface area contributed by atoms with Crippen LogP contribution in [0.1, 0.15) is 12.8 Å². The van der Waals surface area contributed by atoms with Gasteiger partial charge in [0, 0.05) is 6.54 Å². The maximum atomic E-state index is 11.3. The van der Waals surface area contributed by atoms with Crippen LogP contribution in [0, 0.1) is 5.41 Å². The largest absolute Gasteiger partial charge is 0.480 e. The van der Waals surface area contributed by atoms with Gasteiger partial charge in [-0.15, -0.1) is 0 Å². The Hall–Kier alpha value is -1.10. The first kappa shape index (κ1) is 8.50. The van der Waals surface area contributed by atoms with Crippen molar-refractivity contribution in [1.29, 1.82) is 0 Å². The summed E-state index contributed by atoms with van der Waals surface area (Å²) >= 11 is 0. The van der Waals surface area contributed by atoms with Crippen molar-refractivity contribution in [3.05, 3.63) is 0 Å². The first-order valence-electron chi connectivity index (χ1n) is 4.12. The number of carboxylic acid groups (broad SMARTS) is 1. The molecule has 1 saturated carbocycles. The van der Waals surface area contributed by atoms with Gasteiger partial charge in [0.25, 0.3) is 0 Å². The average Bonchev–Trinajstić information content (AvgIpc) is 2.57. The van der Waals surface area contributed by atoms with Gasteiger partial charge in [0.2, 0.25) is 0 Å². The molecule has 2 heterocycles. The fraction of sp³-hybridized carbons (Fsp3) is 0.750. The van der Waals surface area contributed by atoms with E-state index >= 15 is 0 Å². The van der Waals surface area contributed by atoms with Gasteiger partial charge in [0.15, 0.2) is 0 Å². The van der Waals surface area contributed by atoms with E-state index in [9.17, 15) is 9.59 Å². The zero-order valence-electron chi connectivity index (χ0n) is 7.29. The summed E-state index contributed by atoms with van der Waals surface area (Å²) < 4.78 is 4.63. The molecule has 5 nitrogen and oxygen atoms in total. The fourth-order valence-corrected chi connectivity index (χ4v) is 2.35. The van der Waals surface area contributed by atoms with Crippen molar-refractivity contribution in [2.45, 2.75) is 18.4 Å². The van der Waals surface area contributed by atoms with Gasteiger partial charge in [-0.3, -0.25) is 9.59 Å². The van der Waals surface area contributed by atoms with Crippen molar-refractivity contribution in [2.75, 3.05) is 13.7 Å². The van der Waals surface area contributed by atoms with Crippen LogP contribution < -0.4 is 5.32 Å². The molecule has 0 aromatic carbocycles. The Morgan fingerprint density at radius 2 is 2.08 bits per heavy atom. The van der Waals surface area contributed by atoms with E-state index in [0.717, 1.165) is 0 Å². The van der Waals surface area contributed by atoms with Crippen molar-refractivity contribution in [3.8, 4) is 0 Å². The predicted octanol–water partition coefficient (Wildman–Crippen LogP) is -0.634. The highest BCUT2D eigenvalue weighted by atomic mass is 16.5. The second kappa shape index (κ2) is 2.23. The third-order valence-electron chi connectivity index (χ3n) is 3.07. The minimum Gasteiger partial charge on any atom is -0.480 e. The molecule has 2 aliphatic heterocycles. The number of nitrogens with one attached hydrogen (secondary N) is 1. The highest BCUT2D eigenvalue weighted by molar-refractivity contribution is 5.89. The van der Waals surface area contributed by atoms with E-state index in [2.05, 4.69) is 10.1 Å². The Kier molecular flexibility index (Phi) is 1.46. The topological polar surface area (TPSA) is 75.6 Å². The molecule has 0 aromatic heterocycles. The first-order valence-corrected chi connectivity index (χ1v) is 4.12. The third-order valence-corrected chi connectivity index (χ3v) is 3.07. The fourth-order valence-electron chi connectivity index (χ4n) is 2.35. The van der Waals surface area contributed by atoms with Gasteiger partial charge in [0.05, 0.1) is 12.5 Å². The number of carbonyl (C=O) groups is 2. The summed E-state index contributed by atoms with van der Waals surface area (Å²) in [5, 5.41) is 11.7. The van der Waals surface area contributed by atoms with Crippen LogP contribution in [0.3, 0.4) is 0 Å². The van der Waals surface area contributed by atoms with Crippen LogP contribution in [-0.4, -0.2) is 36.2 Å². The molecule has 5 heteroatoms. The lowest BCUT2D eigenvalue weighted by atomic mass is 9.62. The molecule has 13 heavy (non-hydrogen) atoms. The molecule has 3 rings (SSSR count). The molecular weight excluding hydrogens is 174 g/mol. The summed E-state index contributed by atoms with van der Waals surface area (Å²) in [5.41, 5.74) is -1.42. The van der Waals surface area contributed by atoms with Crippen LogP contribution in [0.25, 0.3) is 0 Å². The summed E-state index contributed by atoms with van der Waals surface area (Å²) in [6.07, 6.45) is 0.726. The second-order valence-corrected chi connectivity index (χ2v) is 3.87. The lowest BCUT2D eigenvalue weighted by Crippen LogP contribution is -2.56. The highest BCUT2D eigenvalue weighted by Gasteiger charge is 2.69. The molecule has 1 aliphatic carbocycles. The molecule has 72 valence electrons. The minimum absolute atomic E-state index is 0.297. The molecule has 0 aromatic rings. The number of fused-ring (bicyclic) bond motifs is 1. The van der Waals surface area contributed by atoms with E-state index in [1.807, 2.05) is 0 Å². The smallest absolute Gasteiger partial charge is 0.323 e. The SMILES string of the molecule is COC(=O)C12CNC(C(=O)O)(C1)C2. The Morgan fingerprint density at radius 3 is 2.46 bits per heavy atom. The molecule has 3 fully saturated rings. The monoisotopic (exact) mass is 185 g/mol. The lowest BCUT2D eigenvalue weighted by molar-refractivity contribution is -0.162. The number of esters is 1. The maximum absolute atomic E-state index is 11.3. The number of hydrogen-bond acceptors (Lipinski definition) is 4. The van der Waals surface area contributed by atoms with E-state index < -0.39 is 16.9 Å². The van der Waals surface area contributed by atoms with Crippen molar-refractivity contribution in [3.63, 3.8) is 0 Å². The Balaban J connectivity index is 2.15. The van der Waals surface area contributed by atoms with Crippen molar-refractivity contribution >= 4 is 11.9 Å². The number of carboxylic acids is 1. The summed E-state index contributed by atoms with van der Waals surface area (Å²) in [5.74, 6) is -1.17. The molecule has 2 bridgehead atoms. The van der Waals surface area contributed by atoms with Gasteiger partial charge in [-0.05, 0) is 12.8 Å². The zero-order chi connectivity index (χ0) is 9.69. The van der Waals surface area contributed by atoms with Gasteiger partial charge in [0.1, 0.15) is 5.54 Å². The summed E-state index contributed by atoms with van der Waals surface area (Å²) in [4.78, 5) is 22.1. The molecule has 0 spiro atoms. The van der Waals surface area contributed by atoms with Gasteiger partial charge in [-0.2, -0.15) is 0 Å². The normalized spacial score (nSPS) is 41.0. The summed E-state index contributed by atoms with van der Waals surface area (Å²) in [7, 11) is 1.33. The van der Waals surface area contributed by atoms with Crippen LogP contribution in [0.4, 0.5) is 0 Å². The first-order chi connectivity index (χ1) is 6.05. The predicted molar refractivity (Wildman–Crippen MR) is 42.1 cm³/mol. The molecule has 0 radical (unpaired) electrons. The van der Waals surface area contributed by atoms with Gasteiger partial charge in [-0.1, -0.05) is 0 Å². The molecule has 0 amide bonds. The van der Waals surface area contributed by atoms with Gasteiger partial charge < -0.3 is 15.2 Å². The number of carbonyl (C=O) groups excluding carboxylic acids is 1. The summed E-state index contributed by atoms with van der Waals surface area (Å²) in [6.45, 7) is 0.423. The number of rotatable bonds is 2. The third kappa shape index (κ3) is 0.848. The molecule has 0 unspecified atom stereocenters. The van der Waals surface area contributed by atoms with Crippen LogP contribution in [0.5, 0.6) is 0 Å². The van der Waals surface area contributed by atoms with Crippen molar-refractivity contribution < 1.29 is 19.4 Å². The zero-order valence-corrected chi connectivity index (χ0v) is 7.29. The van der Waals surface area contributed by atoms with Crippen LogP contribution in [0.2, 0.25) is 0 Å². The van der Waals surface area contributed by atoms with Crippen LogP contribution >= 0.6 is 0 Å². The van der Waals surface area contributed by atoms with Crippen LogP contribution in [0.15, 0.2) is 0 Å². The molecule has 0 atom stereocenters. The van der Waals surface area contributed by atoms with E-state index in [1.165, 1.54) is 7.11 Å². The van der Waals surface area contributed by atoms with Crippen molar-refractivity contribution in [2.24, 2.45) is 5.41 Å². The minimum atomic E-state index is -0.871. The second-order valence-electron chi connectivity index (χ2n) is 3.87. The number of ether oxygens (including phenoxy) is 1. The average molecular weight is 185 g/mol. The van der Waals surface area contributed by atoms with E-state index in [-0.39, 0.29) is 5.97 Å². The quantitative estimate of drug-likeness (QED) is 0.560. The molecular formula is C8H11NO4. The van der Waals surface area contributed by atoms with Crippen molar-refractivity contribution in [1.82, 2.24) is 5.32 Å². The van der Waals surface area contributed by atoms with E-state index in [4.69, 9.17) is 5.11 Å². The van der Waals surface area contributed by atoms with Gasteiger partial charge in [-0.25, -0.2) is 0 Å². The molecule has 2 saturated heterocycles. The highest BCUT2D eigenvalue weighted by Crippen LogP contribution is 2.54. The van der Waals surface area contributed by atoms with Gasteiger partial charge >= 0.3 is 11.9 Å². The lowest BCUT2D eigenvalue weighted by Gasteiger charge is -2.40. The Labute approximate surface area is 75.1 Å². The Bertz CT molecular complexity index is 280. The van der Waals surface area contributed by atoms with E-state index in [1.54, 1.807) is 0 Å². The maximum Gasteiger partial charge on any atom is 0.323 e. The van der Waals surface area contributed by atoms with Crippen LogP contribution in [-0.2, 0) is 14.3 Å². The van der Waals surface area contributed by atoms with E-state index in [0.29, 0.717) is 19.4 Å². The Morgan fingerprint density at radius 1 is 1.46 bits per heavy atom. The molecule has 2 N–H and O–H groups in total. The standard InChI is InChI=1S/C8H11NO4/c1-13-6(12)7-2-8(3-7,5(10)11)9-4-7/h9H,2-4H2,1H3,(H,10,11). The summed E-state index contributed by atoms with van der Waals surface area (Å²) in [6, 6.07) is 0. The number of aliphatic carboxylic acids is 1. The number of methoxy groups -OCH3 is 1. The molecule has 3 aliphatic rings. The number of hydrogen-bond donors (Lipinski definition) is 2.